The summed E-state index contributed by atoms with van der Waals surface area (Å²) in [5, 5.41) is 7.09. The molecule has 0 aliphatic rings. The van der Waals surface area contributed by atoms with Gasteiger partial charge >= 0.3 is 0 Å². The van der Waals surface area contributed by atoms with Gasteiger partial charge in [-0.1, -0.05) is 204 Å². The van der Waals surface area contributed by atoms with Crippen LogP contribution in [0, 0.1) is 0 Å². The lowest BCUT2D eigenvalue weighted by molar-refractivity contribution is 0.590. The Kier molecular flexibility index (Phi) is 11.4. The molecule has 13 aromatic rings. The van der Waals surface area contributed by atoms with Crippen molar-refractivity contribution in [1.29, 1.82) is 0 Å². The second kappa shape index (κ2) is 18.0. The van der Waals surface area contributed by atoms with Gasteiger partial charge in [-0.2, -0.15) is 0 Å². The van der Waals surface area contributed by atoms with Gasteiger partial charge in [0.15, 0.2) is 17.5 Å². The van der Waals surface area contributed by atoms with Crippen molar-refractivity contribution in [2.45, 2.75) is 105 Å². The van der Waals surface area contributed by atoms with Gasteiger partial charge in [0.05, 0.1) is 50.0 Å². The van der Waals surface area contributed by atoms with Crippen molar-refractivity contribution in [3.05, 3.63) is 216 Å². The van der Waals surface area contributed by atoms with E-state index in [0.717, 1.165) is 77.6 Å². The van der Waals surface area contributed by atoms with E-state index in [0.29, 0.717) is 17.5 Å². The maximum absolute atomic E-state index is 5.75. The minimum atomic E-state index is -0.0921. The molecule has 0 saturated carbocycles. The molecule has 0 aliphatic heterocycles. The zero-order valence-electron chi connectivity index (χ0n) is 47.7. The van der Waals surface area contributed by atoms with E-state index in [1.807, 2.05) is 12.1 Å². The molecule has 0 saturated heterocycles. The normalized spacial score (nSPS) is 12.8. The van der Waals surface area contributed by atoms with Crippen LogP contribution in [0.15, 0.2) is 194 Å². The summed E-state index contributed by atoms with van der Waals surface area (Å²) in [5.41, 5.74) is 17.1. The molecule has 0 atom stereocenters. The Morgan fingerprint density at radius 2 is 0.646 bits per heavy atom. The first-order chi connectivity index (χ1) is 37.7. The Morgan fingerprint density at radius 3 is 1.06 bits per heavy atom. The van der Waals surface area contributed by atoms with Crippen LogP contribution in [-0.2, 0) is 21.7 Å². The average Bonchev–Trinajstić information content (AvgIpc) is 4.30. The molecule has 0 spiro atoms. The first-order valence-corrected chi connectivity index (χ1v) is 27.9. The Bertz CT molecular complexity index is 4340. The van der Waals surface area contributed by atoms with E-state index in [9.17, 15) is 0 Å². The zero-order valence-corrected chi connectivity index (χ0v) is 47.7. The highest BCUT2D eigenvalue weighted by Crippen LogP contribution is 2.49. The van der Waals surface area contributed by atoms with Crippen molar-refractivity contribution >= 4 is 65.4 Å². The van der Waals surface area contributed by atoms with Crippen molar-refractivity contribution in [2.24, 2.45) is 0 Å². The van der Waals surface area contributed by atoms with Gasteiger partial charge < -0.3 is 13.7 Å². The fourth-order valence-electron chi connectivity index (χ4n) is 11.9. The van der Waals surface area contributed by atoms with Crippen LogP contribution in [0.3, 0.4) is 0 Å². The number of fused-ring (bicyclic) bond motifs is 9. The summed E-state index contributed by atoms with van der Waals surface area (Å²) in [4.78, 5) is 16.8. The third kappa shape index (κ3) is 8.34. The maximum Gasteiger partial charge on any atom is 0.168 e. The van der Waals surface area contributed by atoms with Crippen LogP contribution >= 0.6 is 0 Å². The fourth-order valence-corrected chi connectivity index (χ4v) is 11.9. The molecule has 79 heavy (non-hydrogen) atoms. The summed E-state index contributed by atoms with van der Waals surface area (Å²) in [6.07, 6.45) is 0. The monoisotopic (exact) mass is 1030 g/mol. The Balaban J connectivity index is 1.33. The van der Waals surface area contributed by atoms with Crippen molar-refractivity contribution in [1.82, 2.24) is 28.7 Å². The van der Waals surface area contributed by atoms with Gasteiger partial charge in [0.25, 0.3) is 0 Å². The highest BCUT2D eigenvalue weighted by molar-refractivity contribution is 6.19. The summed E-state index contributed by atoms with van der Waals surface area (Å²) >= 11 is 0. The van der Waals surface area contributed by atoms with E-state index in [4.69, 9.17) is 15.0 Å². The number of benzene rings is 9. The number of hydrogen-bond donors (Lipinski definition) is 0. The molecule has 390 valence electrons. The first kappa shape index (κ1) is 49.9. The van der Waals surface area contributed by atoms with Crippen LogP contribution < -0.4 is 0 Å². The second-order valence-corrected chi connectivity index (χ2v) is 25.8. The summed E-state index contributed by atoms with van der Waals surface area (Å²) < 4.78 is 7.56. The molecule has 0 radical (unpaired) electrons. The highest BCUT2D eigenvalue weighted by Gasteiger charge is 2.32. The van der Waals surface area contributed by atoms with Gasteiger partial charge in [0.1, 0.15) is 0 Å². The molecule has 6 nitrogen and oxygen atoms in total. The first-order valence-electron chi connectivity index (χ1n) is 27.9. The molecule has 4 heterocycles. The molecule has 6 heteroatoms. The molecule has 0 fully saturated rings. The van der Waals surface area contributed by atoms with Gasteiger partial charge in [0, 0.05) is 49.1 Å². The van der Waals surface area contributed by atoms with Gasteiger partial charge in [-0.25, -0.2) is 15.0 Å². The average molecular weight is 1030 g/mol. The predicted molar refractivity (Wildman–Crippen MR) is 334 cm³/mol. The van der Waals surface area contributed by atoms with Gasteiger partial charge in [-0.05, 0) is 117 Å². The lowest BCUT2D eigenvalue weighted by atomic mass is 9.85. The SMILES string of the molecule is CC(C)(C)c1ccc2c(c1)c1cc(C(C)(C)C)ccc1n2-c1cc2c3ccccc3n(-c3ccccc3)c2c(-n2c3ccc(C(C)(C)C)cc3c3cc(C(C)(C)C)ccc32)c1-c1nc(-c2ccccc2)nc(-c2ccccc2)n1. The number of hydrogen-bond acceptors (Lipinski definition) is 3. The van der Waals surface area contributed by atoms with Crippen molar-refractivity contribution < 1.29 is 0 Å². The minimum Gasteiger partial charge on any atom is -0.308 e. The molecule has 0 aliphatic carbocycles. The summed E-state index contributed by atoms with van der Waals surface area (Å²) in [5.74, 6) is 1.78. The van der Waals surface area contributed by atoms with E-state index in [-0.39, 0.29) is 21.7 Å². The molecule has 4 aromatic heterocycles. The van der Waals surface area contributed by atoms with Crippen molar-refractivity contribution in [3.63, 3.8) is 0 Å². The number of aromatic nitrogens is 6. The third-order valence-electron chi connectivity index (χ3n) is 16.3. The van der Waals surface area contributed by atoms with Crippen molar-refractivity contribution in [3.8, 4) is 51.2 Å². The lowest BCUT2D eigenvalue weighted by Crippen LogP contribution is -2.12. The standard InChI is InChI=1S/C73H68N6/c1-70(2,3)47-32-36-59-53(40-47)54-41-48(71(4,5)6)33-37-60(54)78(59)63-44-57-52-30-22-23-31-58(52)77(51-28-20-15-21-29-51)65(57)66(64(63)69-75-67(45-24-16-13-17-25-45)74-68(76-69)46-26-18-14-19-27-46)79-61-38-34-49(72(7,8)9)42-55(61)56-43-50(73(10,11)12)35-39-62(56)79/h13-44H,1-12H3. The largest absolute Gasteiger partial charge is 0.308 e. The Morgan fingerprint density at radius 1 is 0.291 bits per heavy atom. The second-order valence-electron chi connectivity index (χ2n) is 25.8. The highest BCUT2D eigenvalue weighted by atomic mass is 15.1. The molecule has 0 amide bonds. The predicted octanol–water partition coefficient (Wildman–Crippen LogP) is 19.4. The minimum absolute atomic E-state index is 0.0798. The van der Waals surface area contributed by atoms with Crippen LogP contribution in [0.4, 0.5) is 0 Å². The van der Waals surface area contributed by atoms with E-state index < -0.39 is 0 Å². The van der Waals surface area contributed by atoms with E-state index in [1.54, 1.807) is 0 Å². The lowest BCUT2D eigenvalue weighted by Gasteiger charge is -2.23. The van der Waals surface area contributed by atoms with Crippen LogP contribution in [0.2, 0.25) is 0 Å². The van der Waals surface area contributed by atoms with E-state index >= 15 is 0 Å². The van der Waals surface area contributed by atoms with Crippen LogP contribution in [0.1, 0.15) is 105 Å². The molecular formula is C73H68N6. The molecule has 0 unspecified atom stereocenters. The van der Waals surface area contributed by atoms with Crippen molar-refractivity contribution in [2.75, 3.05) is 0 Å². The quantitative estimate of drug-likeness (QED) is 0.167. The van der Waals surface area contributed by atoms with Crippen LogP contribution in [0.25, 0.3) is 117 Å². The summed E-state index contributed by atoms with van der Waals surface area (Å²) in [7, 11) is 0. The summed E-state index contributed by atoms with van der Waals surface area (Å²) in [6.45, 7) is 27.7. The smallest absolute Gasteiger partial charge is 0.168 e. The van der Waals surface area contributed by atoms with E-state index in [2.05, 4.69) is 279 Å². The Labute approximate surface area is 464 Å². The molecule has 9 aromatic carbocycles. The zero-order chi connectivity index (χ0) is 54.9. The summed E-state index contributed by atoms with van der Waals surface area (Å²) in [6, 6.07) is 71.6. The van der Waals surface area contributed by atoms with Gasteiger partial charge in [-0.15, -0.1) is 0 Å². The molecular weight excluding hydrogens is 961 g/mol. The van der Waals surface area contributed by atoms with Crippen LogP contribution in [0.5, 0.6) is 0 Å². The molecule has 0 bridgehead atoms. The number of rotatable bonds is 6. The van der Waals surface area contributed by atoms with E-state index in [1.165, 1.54) is 43.8 Å². The Hall–Kier alpha value is -8.61. The third-order valence-corrected chi connectivity index (χ3v) is 16.3. The van der Waals surface area contributed by atoms with Gasteiger partial charge in [-0.3, -0.25) is 0 Å². The number of para-hydroxylation sites is 2. The molecule has 13 rings (SSSR count). The molecule has 0 N–H and O–H groups in total. The fraction of sp³-hybridized carbons (Fsp3) is 0.219. The number of nitrogens with zero attached hydrogens (tertiary/aromatic N) is 6. The topological polar surface area (TPSA) is 53.5 Å². The van der Waals surface area contributed by atoms with Crippen LogP contribution in [-0.4, -0.2) is 28.7 Å². The van der Waals surface area contributed by atoms with Gasteiger partial charge in [0.2, 0.25) is 0 Å². The maximum atomic E-state index is 5.75.